The van der Waals surface area contributed by atoms with Crippen LogP contribution in [0, 0.1) is 0 Å². The number of morpholine rings is 1. The first-order valence-corrected chi connectivity index (χ1v) is 8.37. The smallest absolute Gasteiger partial charge is 0.185 e. The third-order valence-electron chi connectivity index (χ3n) is 4.23. The minimum Gasteiger partial charge on any atom is -0.379 e. The average Bonchev–Trinajstić information content (AvgIpc) is 3.15. The van der Waals surface area contributed by atoms with E-state index in [1.165, 1.54) is 6.42 Å². The summed E-state index contributed by atoms with van der Waals surface area (Å²) in [6.45, 7) is 7.06. The lowest BCUT2D eigenvalue weighted by Crippen LogP contribution is -2.44. The van der Waals surface area contributed by atoms with Crippen LogP contribution in [0.15, 0.2) is 0 Å². The second-order valence-electron chi connectivity index (χ2n) is 5.54. The minimum atomic E-state index is 0.539. The van der Waals surface area contributed by atoms with Gasteiger partial charge in [0.25, 0.3) is 0 Å². The van der Waals surface area contributed by atoms with E-state index >= 15 is 0 Å². The normalized spacial score (nSPS) is 23.9. The molecule has 1 atom stereocenters. The quantitative estimate of drug-likeness (QED) is 0.862. The van der Waals surface area contributed by atoms with Gasteiger partial charge >= 0.3 is 0 Å². The van der Waals surface area contributed by atoms with Crippen LogP contribution in [0.1, 0.15) is 17.0 Å². The Morgan fingerprint density at radius 1 is 1.38 bits per heavy atom. The van der Waals surface area contributed by atoms with Crippen LogP contribution in [0.2, 0.25) is 0 Å². The molecule has 118 valence electrons. The molecule has 21 heavy (non-hydrogen) atoms. The lowest BCUT2D eigenvalue weighted by molar-refractivity contribution is 0.0209. The molecule has 0 saturated carbocycles. The number of methoxy groups -OCH3 is 1. The zero-order valence-corrected chi connectivity index (χ0v) is 13.4. The number of aromatic nitrogens is 1. The molecule has 3 heterocycles. The summed E-state index contributed by atoms with van der Waals surface area (Å²) < 4.78 is 10.6. The molecule has 2 aliphatic heterocycles. The van der Waals surface area contributed by atoms with Crippen molar-refractivity contribution >= 4 is 16.5 Å². The fourth-order valence-corrected chi connectivity index (χ4v) is 4.05. The van der Waals surface area contributed by atoms with Crippen molar-refractivity contribution in [3.63, 3.8) is 0 Å². The van der Waals surface area contributed by atoms with E-state index in [1.54, 1.807) is 18.4 Å². The van der Waals surface area contributed by atoms with Crippen molar-refractivity contribution in [2.24, 2.45) is 5.73 Å². The van der Waals surface area contributed by atoms with Gasteiger partial charge in [0.2, 0.25) is 0 Å². The van der Waals surface area contributed by atoms with Crippen molar-refractivity contribution in [1.29, 1.82) is 0 Å². The Morgan fingerprint density at radius 3 is 2.90 bits per heavy atom. The molecule has 0 radical (unpaired) electrons. The van der Waals surface area contributed by atoms with Gasteiger partial charge in [0.1, 0.15) is 0 Å². The van der Waals surface area contributed by atoms with Gasteiger partial charge in [-0.1, -0.05) is 0 Å². The summed E-state index contributed by atoms with van der Waals surface area (Å²) in [5, 5.41) is 1.10. The number of hydrogen-bond donors (Lipinski definition) is 1. The van der Waals surface area contributed by atoms with Crippen molar-refractivity contribution in [3.8, 4) is 0 Å². The number of ether oxygens (including phenoxy) is 2. The van der Waals surface area contributed by atoms with E-state index in [-0.39, 0.29) is 0 Å². The molecule has 2 N–H and O–H groups in total. The van der Waals surface area contributed by atoms with Gasteiger partial charge in [-0.05, 0) is 6.42 Å². The van der Waals surface area contributed by atoms with Gasteiger partial charge in [-0.3, -0.25) is 4.90 Å². The summed E-state index contributed by atoms with van der Waals surface area (Å²) in [6, 6.07) is 0.630. The standard InChI is InChI=1S/C14H24N4O2S/c1-19-10-12-13(8-15)21-14(16-12)18-3-2-11(9-18)17-4-6-20-7-5-17/h11H,2-10,15H2,1H3. The number of thiazole rings is 1. The van der Waals surface area contributed by atoms with Crippen molar-refractivity contribution in [1.82, 2.24) is 9.88 Å². The largest absolute Gasteiger partial charge is 0.379 e. The van der Waals surface area contributed by atoms with E-state index < -0.39 is 0 Å². The fraction of sp³-hybridized carbons (Fsp3) is 0.786. The van der Waals surface area contributed by atoms with Crippen molar-refractivity contribution in [2.75, 3.05) is 51.4 Å². The molecule has 2 aliphatic rings. The van der Waals surface area contributed by atoms with Crippen molar-refractivity contribution in [3.05, 3.63) is 10.6 Å². The van der Waals surface area contributed by atoms with E-state index in [9.17, 15) is 0 Å². The maximum Gasteiger partial charge on any atom is 0.185 e. The maximum atomic E-state index is 5.81. The third-order valence-corrected chi connectivity index (χ3v) is 5.41. The molecule has 0 aromatic carbocycles. The third kappa shape index (κ3) is 3.37. The van der Waals surface area contributed by atoms with Gasteiger partial charge in [-0.15, -0.1) is 11.3 Å². The first-order valence-electron chi connectivity index (χ1n) is 7.56. The molecule has 2 fully saturated rings. The molecule has 0 bridgehead atoms. The Labute approximate surface area is 129 Å². The molecule has 2 saturated heterocycles. The van der Waals surface area contributed by atoms with Gasteiger partial charge in [-0.25, -0.2) is 4.98 Å². The second-order valence-corrected chi connectivity index (χ2v) is 6.60. The molecular formula is C14H24N4O2S. The van der Waals surface area contributed by atoms with Gasteiger partial charge in [0, 0.05) is 50.8 Å². The summed E-state index contributed by atoms with van der Waals surface area (Å²) in [5.74, 6) is 0. The van der Waals surface area contributed by atoms with E-state index in [4.69, 9.17) is 20.2 Å². The molecule has 7 heteroatoms. The highest BCUT2D eigenvalue weighted by atomic mass is 32.1. The van der Waals surface area contributed by atoms with Crippen LogP contribution in [0.25, 0.3) is 0 Å². The number of nitrogens with zero attached hydrogens (tertiary/aromatic N) is 3. The summed E-state index contributed by atoms with van der Waals surface area (Å²) in [5.41, 5.74) is 6.81. The zero-order valence-electron chi connectivity index (χ0n) is 12.6. The predicted molar refractivity (Wildman–Crippen MR) is 83.7 cm³/mol. The van der Waals surface area contributed by atoms with E-state index in [0.717, 1.165) is 55.1 Å². The molecule has 0 aliphatic carbocycles. The van der Waals surface area contributed by atoms with E-state index in [0.29, 0.717) is 19.2 Å². The molecule has 1 aromatic rings. The zero-order chi connectivity index (χ0) is 14.7. The van der Waals surface area contributed by atoms with Crippen molar-refractivity contribution < 1.29 is 9.47 Å². The topological polar surface area (TPSA) is 63.8 Å². The Morgan fingerprint density at radius 2 is 2.19 bits per heavy atom. The number of hydrogen-bond acceptors (Lipinski definition) is 7. The van der Waals surface area contributed by atoms with E-state index in [1.807, 2.05) is 0 Å². The van der Waals surface area contributed by atoms with Crippen LogP contribution in [0.5, 0.6) is 0 Å². The van der Waals surface area contributed by atoms with Gasteiger partial charge < -0.3 is 20.1 Å². The summed E-state index contributed by atoms with van der Waals surface area (Å²) in [7, 11) is 1.70. The van der Waals surface area contributed by atoms with Gasteiger partial charge in [0.15, 0.2) is 5.13 Å². The monoisotopic (exact) mass is 312 g/mol. The molecular weight excluding hydrogens is 288 g/mol. The maximum absolute atomic E-state index is 5.81. The SMILES string of the molecule is COCc1nc(N2CCC(N3CCOCC3)C2)sc1CN. The average molecular weight is 312 g/mol. The van der Waals surface area contributed by atoms with Crippen molar-refractivity contribution in [2.45, 2.75) is 25.6 Å². The molecule has 1 unspecified atom stereocenters. The highest BCUT2D eigenvalue weighted by Crippen LogP contribution is 2.30. The van der Waals surface area contributed by atoms with Crippen LogP contribution in [-0.4, -0.2) is 62.4 Å². The lowest BCUT2D eigenvalue weighted by atomic mass is 10.2. The Balaban J connectivity index is 1.65. The van der Waals surface area contributed by atoms with Crippen LogP contribution in [0.4, 0.5) is 5.13 Å². The molecule has 0 amide bonds. The number of rotatable bonds is 5. The van der Waals surface area contributed by atoms with E-state index in [2.05, 4.69) is 9.80 Å². The Hall–Kier alpha value is -0.730. The highest BCUT2D eigenvalue weighted by Gasteiger charge is 2.30. The summed E-state index contributed by atoms with van der Waals surface area (Å²) in [6.07, 6.45) is 1.21. The number of anilines is 1. The van der Waals surface area contributed by atoms with Gasteiger partial charge in [-0.2, -0.15) is 0 Å². The lowest BCUT2D eigenvalue weighted by Gasteiger charge is -2.32. The summed E-state index contributed by atoms with van der Waals surface area (Å²) in [4.78, 5) is 10.8. The predicted octanol–water partition coefficient (Wildman–Crippen LogP) is 0.659. The molecule has 1 aromatic heterocycles. The van der Waals surface area contributed by atoms with Crippen LogP contribution < -0.4 is 10.6 Å². The molecule has 6 nitrogen and oxygen atoms in total. The molecule has 3 rings (SSSR count). The first kappa shape index (κ1) is 15.2. The second kappa shape index (κ2) is 7.02. The fourth-order valence-electron chi connectivity index (χ4n) is 3.07. The van der Waals surface area contributed by atoms with Crippen LogP contribution in [0.3, 0.4) is 0 Å². The summed E-state index contributed by atoms with van der Waals surface area (Å²) >= 11 is 1.71. The Kier molecular flexibility index (Phi) is 5.07. The van der Waals surface area contributed by atoms with Crippen LogP contribution >= 0.6 is 11.3 Å². The number of nitrogens with two attached hydrogens (primary N) is 1. The van der Waals surface area contributed by atoms with Gasteiger partial charge in [0.05, 0.1) is 25.5 Å². The van der Waals surface area contributed by atoms with Crippen LogP contribution in [-0.2, 0) is 22.6 Å². The highest BCUT2D eigenvalue weighted by molar-refractivity contribution is 7.15. The molecule has 0 spiro atoms. The first-order chi connectivity index (χ1) is 10.3. The Bertz CT molecular complexity index is 462. The minimum absolute atomic E-state index is 0.539.